The van der Waals surface area contributed by atoms with Crippen molar-refractivity contribution in [2.24, 2.45) is 5.92 Å². The van der Waals surface area contributed by atoms with Gasteiger partial charge in [-0.25, -0.2) is 4.98 Å². The van der Waals surface area contributed by atoms with Gasteiger partial charge in [-0.1, -0.05) is 30.3 Å². The van der Waals surface area contributed by atoms with E-state index in [2.05, 4.69) is 15.0 Å². The summed E-state index contributed by atoms with van der Waals surface area (Å²) < 4.78 is 35.4. The summed E-state index contributed by atoms with van der Waals surface area (Å²) in [5.74, 6) is 0.119. The number of nitrogens with zero attached hydrogens (tertiary/aromatic N) is 2. The third-order valence-electron chi connectivity index (χ3n) is 5.44. The second-order valence-corrected chi connectivity index (χ2v) is 8.52. The lowest BCUT2D eigenvalue weighted by Crippen LogP contribution is -2.43. The molecular weight excluding hydrogens is 464 g/mol. The third kappa shape index (κ3) is 6.07. The molecule has 1 aliphatic heterocycles. The van der Waals surface area contributed by atoms with E-state index in [1.54, 1.807) is 40.6 Å². The van der Waals surface area contributed by atoms with Crippen LogP contribution in [-0.2, 0) is 9.59 Å². The van der Waals surface area contributed by atoms with Crippen molar-refractivity contribution in [3.63, 3.8) is 0 Å². The number of anilines is 1. The first kappa shape index (κ1) is 23.6. The van der Waals surface area contributed by atoms with Gasteiger partial charge in [0, 0.05) is 30.0 Å². The van der Waals surface area contributed by atoms with E-state index in [0.717, 1.165) is 0 Å². The van der Waals surface area contributed by atoms with E-state index in [1.807, 2.05) is 18.2 Å². The number of hydrogen-bond donors (Lipinski definition) is 1. The summed E-state index contributed by atoms with van der Waals surface area (Å²) in [6.07, 6.45) is 1.07. The van der Waals surface area contributed by atoms with Crippen molar-refractivity contribution in [2.45, 2.75) is 19.5 Å². The molecule has 0 unspecified atom stereocenters. The molecule has 2 amide bonds. The molecule has 0 bridgehead atoms. The molecule has 2 aromatic carbocycles. The molecule has 0 atom stereocenters. The van der Waals surface area contributed by atoms with Crippen LogP contribution in [0.15, 0.2) is 60.0 Å². The molecule has 4 rings (SSSR count). The van der Waals surface area contributed by atoms with Gasteiger partial charge in [0.05, 0.1) is 5.69 Å². The van der Waals surface area contributed by atoms with E-state index < -0.39 is 6.61 Å². The maximum absolute atomic E-state index is 12.7. The number of carbonyl (C=O) groups excluding carboxylic acids is 2. The first-order valence-electron chi connectivity index (χ1n) is 10.8. The molecule has 0 spiro atoms. The van der Waals surface area contributed by atoms with Crippen LogP contribution >= 0.6 is 11.3 Å². The lowest BCUT2D eigenvalue weighted by molar-refractivity contribution is -0.136. The Balaban J connectivity index is 1.28. The fraction of sp³-hybridized carbons (Fsp3) is 0.292. The molecule has 1 N–H and O–H groups in total. The predicted octanol–water partition coefficient (Wildman–Crippen LogP) is 4.67. The van der Waals surface area contributed by atoms with E-state index in [1.165, 1.54) is 17.4 Å². The molecule has 178 valence electrons. The van der Waals surface area contributed by atoms with Crippen LogP contribution in [0.1, 0.15) is 12.8 Å². The SMILES string of the molecule is O=C(Nc1nc(-c2ccccc2OC(F)F)cs1)C1CCN(C(=O)COc2ccccc2)CC1. The third-order valence-corrected chi connectivity index (χ3v) is 6.20. The number of ether oxygens (including phenoxy) is 2. The van der Waals surface area contributed by atoms with Gasteiger partial charge in [-0.2, -0.15) is 8.78 Å². The molecule has 1 aromatic heterocycles. The number of hydrogen-bond acceptors (Lipinski definition) is 6. The number of nitrogens with one attached hydrogen (secondary N) is 1. The molecule has 0 radical (unpaired) electrons. The molecule has 3 aromatic rings. The number of amides is 2. The summed E-state index contributed by atoms with van der Waals surface area (Å²) in [6, 6.07) is 15.5. The summed E-state index contributed by atoms with van der Waals surface area (Å²) in [5.41, 5.74) is 0.861. The number of rotatable bonds is 8. The standard InChI is InChI=1S/C24H23F2N3O4S/c25-23(26)33-20-9-5-4-8-18(20)19-15-34-24(27-19)28-22(31)16-10-12-29(13-11-16)21(30)14-32-17-6-2-1-3-7-17/h1-9,15-16,23H,10-14H2,(H,27,28,31). The minimum absolute atomic E-state index is 0.0222. The highest BCUT2D eigenvalue weighted by Crippen LogP contribution is 2.33. The first-order chi connectivity index (χ1) is 16.5. The van der Waals surface area contributed by atoms with Crippen molar-refractivity contribution in [1.29, 1.82) is 0 Å². The largest absolute Gasteiger partial charge is 0.484 e. The summed E-state index contributed by atoms with van der Waals surface area (Å²) in [6.45, 7) is -2.05. The fourth-order valence-electron chi connectivity index (χ4n) is 3.68. The minimum Gasteiger partial charge on any atom is -0.484 e. The topological polar surface area (TPSA) is 80.8 Å². The van der Waals surface area contributed by atoms with Gasteiger partial charge in [0.15, 0.2) is 11.7 Å². The number of alkyl halides is 2. The second-order valence-electron chi connectivity index (χ2n) is 7.66. The average Bonchev–Trinajstić information content (AvgIpc) is 3.31. The van der Waals surface area contributed by atoms with Gasteiger partial charge in [-0.3, -0.25) is 9.59 Å². The van der Waals surface area contributed by atoms with Crippen molar-refractivity contribution in [3.8, 4) is 22.8 Å². The van der Waals surface area contributed by atoms with E-state index >= 15 is 0 Å². The van der Waals surface area contributed by atoms with E-state index in [9.17, 15) is 18.4 Å². The van der Waals surface area contributed by atoms with Crippen LogP contribution in [0.25, 0.3) is 11.3 Å². The van der Waals surface area contributed by atoms with E-state index in [-0.39, 0.29) is 30.1 Å². The molecule has 1 fully saturated rings. The predicted molar refractivity (Wildman–Crippen MR) is 124 cm³/mol. The number of likely N-dealkylation sites (tertiary alicyclic amines) is 1. The van der Waals surface area contributed by atoms with Crippen molar-refractivity contribution >= 4 is 28.3 Å². The molecule has 1 aliphatic rings. The van der Waals surface area contributed by atoms with Gasteiger partial charge in [0.1, 0.15) is 11.5 Å². The average molecular weight is 488 g/mol. The molecule has 7 nitrogen and oxygen atoms in total. The Hall–Kier alpha value is -3.53. The number of thiazole rings is 1. The minimum atomic E-state index is -2.94. The lowest BCUT2D eigenvalue weighted by Gasteiger charge is -2.31. The first-order valence-corrected chi connectivity index (χ1v) is 11.6. The zero-order valence-corrected chi connectivity index (χ0v) is 19.0. The van der Waals surface area contributed by atoms with Gasteiger partial charge in [0.25, 0.3) is 5.91 Å². The van der Waals surface area contributed by atoms with Crippen molar-refractivity contribution < 1.29 is 27.8 Å². The van der Waals surface area contributed by atoms with Crippen molar-refractivity contribution in [2.75, 3.05) is 25.0 Å². The Morgan fingerprint density at radius 1 is 1.09 bits per heavy atom. The highest BCUT2D eigenvalue weighted by molar-refractivity contribution is 7.14. The maximum atomic E-state index is 12.7. The summed E-state index contributed by atoms with van der Waals surface area (Å²) in [5, 5.41) is 4.86. The number of benzene rings is 2. The highest BCUT2D eigenvalue weighted by Gasteiger charge is 2.28. The fourth-order valence-corrected chi connectivity index (χ4v) is 4.40. The number of aromatic nitrogens is 1. The van der Waals surface area contributed by atoms with Crippen molar-refractivity contribution in [3.05, 3.63) is 60.0 Å². The summed E-state index contributed by atoms with van der Waals surface area (Å²) in [7, 11) is 0. The number of carbonyl (C=O) groups is 2. The Labute approximate surface area is 199 Å². The van der Waals surface area contributed by atoms with Crippen LogP contribution in [-0.4, -0.2) is 48.0 Å². The normalized spacial score (nSPS) is 14.1. The highest BCUT2D eigenvalue weighted by atomic mass is 32.1. The van der Waals surface area contributed by atoms with Gasteiger partial charge < -0.3 is 19.7 Å². The Morgan fingerprint density at radius 3 is 2.53 bits per heavy atom. The van der Waals surface area contributed by atoms with Crippen LogP contribution in [0, 0.1) is 5.92 Å². The van der Waals surface area contributed by atoms with Gasteiger partial charge in [-0.15, -0.1) is 11.3 Å². The van der Waals surface area contributed by atoms with Gasteiger partial charge in [-0.05, 0) is 37.1 Å². The number of halogens is 2. The van der Waals surface area contributed by atoms with E-state index in [0.29, 0.717) is 48.1 Å². The molecule has 2 heterocycles. The van der Waals surface area contributed by atoms with Gasteiger partial charge >= 0.3 is 6.61 Å². The Bertz CT molecular complexity index is 1120. The van der Waals surface area contributed by atoms with Crippen LogP contribution in [0.2, 0.25) is 0 Å². The molecular formula is C24H23F2N3O4S. The molecule has 0 aliphatic carbocycles. The van der Waals surface area contributed by atoms with E-state index in [4.69, 9.17) is 4.74 Å². The van der Waals surface area contributed by atoms with Crippen molar-refractivity contribution in [1.82, 2.24) is 9.88 Å². The smallest absolute Gasteiger partial charge is 0.387 e. The maximum Gasteiger partial charge on any atom is 0.387 e. The quantitative estimate of drug-likeness (QED) is 0.500. The summed E-state index contributed by atoms with van der Waals surface area (Å²) >= 11 is 1.21. The lowest BCUT2D eigenvalue weighted by atomic mass is 9.96. The van der Waals surface area contributed by atoms with Gasteiger partial charge in [0.2, 0.25) is 5.91 Å². The van der Waals surface area contributed by atoms with Crippen LogP contribution in [0.5, 0.6) is 11.5 Å². The molecule has 10 heteroatoms. The number of piperidine rings is 1. The second kappa shape index (κ2) is 11.1. The zero-order chi connectivity index (χ0) is 23.9. The number of para-hydroxylation sites is 2. The molecule has 34 heavy (non-hydrogen) atoms. The van der Waals surface area contributed by atoms with Crippen LogP contribution in [0.3, 0.4) is 0 Å². The monoisotopic (exact) mass is 487 g/mol. The zero-order valence-electron chi connectivity index (χ0n) is 18.2. The Kier molecular flexibility index (Phi) is 7.69. The van der Waals surface area contributed by atoms with Crippen LogP contribution < -0.4 is 14.8 Å². The molecule has 1 saturated heterocycles. The molecule has 0 saturated carbocycles. The van der Waals surface area contributed by atoms with Crippen LogP contribution in [0.4, 0.5) is 13.9 Å². The Morgan fingerprint density at radius 2 is 1.79 bits per heavy atom. The summed E-state index contributed by atoms with van der Waals surface area (Å²) in [4.78, 5) is 31.2.